The van der Waals surface area contributed by atoms with E-state index >= 15 is 0 Å². The molecule has 0 saturated heterocycles. The lowest BCUT2D eigenvalue weighted by atomic mass is 9.87. The summed E-state index contributed by atoms with van der Waals surface area (Å²) >= 11 is 1.43. The smallest absolute Gasteiger partial charge is 0.228 e. The second-order valence-electron chi connectivity index (χ2n) is 7.68. The fraction of sp³-hybridized carbons (Fsp3) is 0.318. The molecular formula is C22H25N5O2S. The molecule has 2 aromatic carbocycles. The van der Waals surface area contributed by atoms with Crippen molar-refractivity contribution in [2.24, 2.45) is 5.10 Å². The van der Waals surface area contributed by atoms with E-state index in [4.69, 9.17) is 10.8 Å². The number of benzene rings is 2. The first-order valence-electron chi connectivity index (χ1n) is 9.88. The molecule has 1 aliphatic heterocycles. The van der Waals surface area contributed by atoms with Gasteiger partial charge in [-0.1, -0.05) is 29.5 Å². The predicted molar refractivity (Wildman–Crippen MR) is 120 cm³/mol. The molecule has 0 bridgehead atoms. The van der Waals surface area contributed by atoms with Crippen LogP contribution in [-0.4, -0.2) is 32.2 Å². The highest BCUT2D eigenvalue weighted by atomic mass is 32.1. The summed E-state index contributed by atoms with van der Waals surface area (Å²) in [5, 5.41) is 36.5. The summed E-state index contributed by atoms with van der Waals surface area (Å²) in [7, 11) is 0. The maximum atomic E-state index is 10.4. The molecule has 4 rings (SSSR count). The number of hydrogen-bond acceptors (Lipinski definition) is 8. The molecule has 1 aliphatic rings. The Morgan fingerprint density at radius 3 is 2.37 bits per heavy atom. The van der Waals surface area contributed by atoms with Gasteiger partial charge < -0.3 is 15.9 Å². The van der Waals surface area contributed by atoms with Crippen molar-refractivity contribution in [2.45, 2.75) is 45.4 Å². The Labute approximate surface area is 179 Å². The van der Waals surface area contributed by atoms with Crippen molar-refractivity contribution in [3.63, 3.8) is 0 Å². The minimum Gasteiger partial charge on any atom is -0.399 e. The average molecular weight is 424 g/mol. The number of nitrogens with two attached hydrogens (primary N) is 1. The Morgan fingerprint density at radius 1 is 1.10 bits per heavy atom. The molecule has 0 spiro atoms. The van der Waals surface area contributed by atoms with Crippen LogP contribution in [0.25, 0.3) is 0 Å². The molecule has 0 amide bonds. The zero-order chi connectivity index (χ0) is 21.4. The molecule has 0 radical (unpaired) electrons. The van der Waals surface area contributed by atoms with E-state index in [1.165, 1.54) is 11.3 Å². The molecule has 156 valence electrons. The third-order valence-electron chi connectivity index (χ3n) is 5.33. The van der Waals surface area contributed by atoms with Gasteiger partial charge in [0, 0.05) is 16.8 Å². The molecule has 0 fully saturated rings. The number of anilines is 2. The standard InChI is InChI=1S/C22H25N5O2S/c1-12-8-16-9-18(13(2)28)19(14(3)29)10-20(16)21(15-4-6-17(23)7-5-15)26-27(12)22-25-24-11-30-22/h4-7,9-14,28-29H,8,23H2,1-3H3. The number of nitrogen functional groups attached to an aromatic ring is 1. The van der Waals surface area contributed by atoms with Crippen LogP contribution in [0.15, 0.2) is 47.0 Å². The van der Waals surface area contributed by atoms with Gasteiger partial charge in [-0.25, -0.2) is 5.01 Å². The first-order valence-corrected chi connectivity index (χ1v) is 10.8. The number of hydrazone groups is 1. The largest absolute Gasteiger partial charge is 0.399 e. The van der Waals surface area contributed by atoms with E-state index in [-0.39, 0.29) is 6.04 Å². The molecule has 30 heavy (non-hydrogen) atoms. The minimum atomic E-state index is -0.715. The van der Waals surface area contributed by atoms with E-state index < -0.39 is 12.2 Å². The normalized spacial score (nSPS) is 18.4. The molecule has 7 nitrogen and oxygen atoms in total. The molecule has 1 aromatic heterocycles. The number of fused-ring (bicyclic) bond motifs is 1. The second kappa shape index (κ2) is 8.14. The van der Waals surface area contributed by atoms with Crippen LogP contribution in [0.4, 0.5) is 10.8 Å². The third-order valence-corrected chi connectivity index (χ3v) is 6.01. The van der Waals surface area contributed by atoms with Gasteiger partial charge in [0.15, 0.2) is 0 Å². The van der Waals surface area contributed by atoms with E-state index in [9.17, 15) is 10.2 Å². The lowest BCUT2D eigenvalue weighted by Crippen LogP contribution is -2.29. The molecule has 2 heterocycles. The van der Waals surface area contributed by atoms with Crippen LogP contribution in [0.5, 0.6) is 0 Å². The van der Waals surface area contributed by atoms with Gasteiger partial charge in [0.05, 0.1) is 24.0 Å². The van der Waals surface area contributed by atoms with Gasteiger partial charge in [0.1, 0.15) is 5.51 Å². The summed E-state index contributed by atoms with van der Waals surface area (Å²) in [5.41, 5.74) is 13.4. The van der Waals surface area contributed by atoms with Crippen LogP contribution >= 0.6 is 11.3 Å². The fourth-order valence-electron chi connectivity index (χ4n) is 3.81. The van der Waals surface area contributed by atoms with Crippen molar-refractivity contribution in [2.75, 3.05) is 10.7 Å². The molecule has 0 saturated carbocycles. The summed E-state index contributed by atoms with van der Waals surface area (Å²) in [6, 6.07) is 11.6. The maximum Gasteiger partial charge on any atom is 0.228 e. The van der Waals surface area contributed by atoms with E-state index in [1.54, 1.807) is 19.4 Å². The van der Waals surface area contributed by atoms with Gasteiger partial charge in [-0.3, -0.25) is 0 Å². The van der Waals surface area contributed by atoms with Gasteiger partial charge in [-0.05, 0) is 62.1 Å². The zero-order valence-electron chi connectivity index (χ0n) is 17.1. The summed E-state index contributed by atoms with van der Waals surface area (Å²) < 4.78 is 0. The lowest BCUT2D eigenvalue weighted by Gasteiger charge is -2.22. The second-order valence-corrected chi connectivity index (χ2v) is 8.49. The Kier molecular flexibility index (Phi) is 5.55. The first-order chi connectivity index (χ1) is 14.3. The van der Waals surface area contributed by atoms with Crippen molar-refractivity contribution in [1.29, 1.82) is 0 Å². The predicted octanol–water partition coefficient (Wildman–Crippen LogP) is 3.43. The summed E-state index contributed by atoms with van der Waals surface area (Å²) in [4.78, 5) is 0. The molecule has 8 heteroatoms. The Balaban J connectivity index is 1.96. The summed E-state index contributed by atoms with van der Waals surface area (Å²) in [6.07, 6.45) is -0.696. The monoisotopic (exact) mass is 423 g/mol. The van der Waals surface area contributed by atoms with E-state index in [2.05, 4.69) is 17.1 Å². The van der Waals surface area contributed by atoms with Gasteiger partial charge >= 0.3 is 0 Å². The van der Waals surface area contributed by atoms with E-state index in [1.807, 2.05) is 41.4 Å². The van der Waals surface area contributed by atoms with Crippen LogP contribution in [0.1, 0.15) is 60.8 Å². The first kappa shape index (κ1) is 20.5. The quantitative estimate of drug-likeness (QED) is 0.555. The number of hydrogen-bond donors (Lipinski definition) is 3. The van der Waals surface area contributed by atoms with Crippen molar-refractivity contribution in [1.82, 2.24) is 10.2 Å². The topological polar surface area (TPSA) is 108 Å². The van der Waals surface area contributed by atoms with Crippen molar-refractivity contribution in [3.05, 3.63) is 69.7 Å². The van der Waals surface area contributed by atoms with E-state index in [0.717, 1.165) is 33.1 Å². The molecule has 3 aromatic rings. The van der Waals surface area contributed by atoms with Crippen LogP contribution in [-0.2, 0) is 6.42 Å². The average Bonchev–Trinajstić information content (AvgIpc) is 3.19. The van der Waals surface area contributed by atoms with Crippen LogP contribution in [0.3, 0.4) is 0 Å². The lowest BCUT2D eigenvalue weighted by molar-refractivity contribution is 0.175. The van der Waals surface area contributed by atoms with Crippen LogP contribution in [0.2, 0.25) is 0 Å². The Bertz CT molecular complexity index is 1060. The minimum absolute atomic E-state index is 0.0298. The number of nitrogens with zero attached hydrogens (tertiary/aromatic N) is 4. The number of rotatable bonds is 4. The van der Waals surface area contributed by atoms with Crippen molar-refractivity contribution < 1.29 is 10.2 Å². The number of aliphatic hydroxyl groups excluding tert-OH is 2. The summed E-state index contributed by atoms with van der Waals surface area (Å²) in [6.45, 7) is 5.52. The van der Waals surface area contributed by atoms with Gasteiger partial charge in [0.2, 0.25) is 5.13 Å². The fourth-order valence-corrected chi connectivity index (χ4v) is 4.42. The highest BCUT2D eigenvalue weighted by Gasteiger charge is 2.28. The van der Waals surface area contributed by atoms with Gasteiger partial charge in [-0.2, -0.15) is 5.10 Å². The highest BCUT2D eigenvalue weighted by molar-refractivity contribution is 7.13. The third kappa shape index (κ3) is 3.81. The molecule has 4 N–H and O–H groups in total. The number of aliphatic hydroxyl groups is 2. The molecule has 3 unspecified atom stereocenters. The van der Waals surface area contributed by atoms with Crippen molar-refractivity contribution in [3.8, 4) is 0 Å². The highest BCUT2D eigenvalue weighted by Crippen LogP contribution is 2.33. The van der Waals surface area contributed by atoms with Crippen LogP contribution < -0.4 is 10.7 Å². The zero-order valence-corrected chi connectivity index (χ0v) is 18.0. The Morgan fingerprint density at radius 2 is 1.77 bits per heavy atom. The molecular weight excluding hydrogens is 398 g/mol. The summed E-state index contributed by atoms with van der Waals surface area (Å²) in [5.74, 6) is 0. The number of aromatic nitrogens is 2. The van der Waals surface area contributed by atoms with E-state index in [0.29, 0.717) is 17.7 Å². The van der Waals surface area contributed by atoms with Gasteiger partial charge in [-0.15, -0.1) is 10.2 Å². The Hall–Kier alpha value is -2.81. The molecule has 3 atom stereocenters. The molecule has 0 aliphatic carbocycles. The SMILES string of the molecule is CC(O)c1cc2c(cc1C(C)O)C(c1ccc(N)cc1)=NN(c1nncs1)C(C)C2. The maximum absolute atomic E-state index is 10.4. The van der Waals surface area contributed by atoms with Gasteiger partial charge in [0.25, 0.3) is 0 Å². The van der Waals surface area contributed by atoms with Crippen LogP contribution in [0, 0.1) is 0 Å². The van der Waals surface area contributed by atoms with Crippen molar-refractivity contribution >= 4 is 27.9 Å².